The topological polar surface area (TPSA) is 52.6 Å². The lowest BCUT2D eigenvalue weighted by Gasteiger charge is -2.23. The van der Waals surface area contributed by atoms with E-state index in [0.29, 0.717) is 0 Å². The number of hydrogen-bond donors (Lipinski definition) is 0. The molecule has 1 aliphatic rings. The highest BCUT2D eigenvalue weighted by Crippen LogP contribution is 2.27. The minimum absolute atomic E-state index is 0.0791. The molecule has 1 saturated heterocycles. The Bertz CT molecular complexity index is 262. The van der Waals surface area contributed by atoms with Crippen molar-refractivity contribution in [1.82, 2.24) is 0 Å². The summed E-state index contributed by atoms with van der Waals surface area (Å²) in [5, 5.41) is 0. The molecule has 0 N–H and O–H groups in total. The predicted octanol–water partition coefficient (Wildman–Crippen LogP) is 2.06. The van der Waals surface area contributed by atoms with Gasteiger partial charge in [-0.15, -0.1) is 0 Å². The first-order valence-electron chi connectivity index (χ1n) is 5.89. The van der Waals surface area contributed by atoms with Crippen LogP contribution in [0.5, 0.6) is 0 Å². The van der Waals surface area contributed by atoms with Gasteiger partial charge in [0, 0.05) is 12.8 Å². The van der Waals surface area contributed by atoms with Crippen molar-refractivity contribution < 1.29 is 19.1 Å². The van der Waals surface area contributed by atoms with Crippen LogP contribution in [0.4, 0.5) is 0 Å². The summed E-state index contributed by atoms with van der Waals surface area (Å²) in [5.41, 5.74) is 0. The van der Waals surface area contributed by atoms with E-state index in [1.807, 2.05) is 6.92 Å². The van der Waals surface area contributed by atoms with Gasteiger partial charge in [0.15, 0.2) is 0 Å². The first-order valence-corrected chi connectivity index (χ1v) is 5.89. The number of esters is 2. The molecule has 0 aromatic rings. The Morgan fingerprint density at radius 2 is 2.25 bits per heavy atom. The monoisotopic (exact) mass is 228 g/mol. The molecule has 4 nitrogen and oxygen atoms in total. The predicted molar refractivity (Wildman–Crippen MR) is 58.7 cm³/mol. The Morgan fingerprint density at radius 3 is 2.81 bits per heavy atom. The summed E-state index contributed by atoms with van der Waals surface area (Å²) in [5.74, 6) is -0.360. The van der Waals surface area contributed by atoms with Crippen LogP contribution in [0.2, 0.25) is 0 Å². The third kappa shape index (κ3) is 3.83. The van der Waals surface area contributed by atoms with Crippen LogP contribution in [0.15, 0.2) is 0 Å². The van der Waals surface area contributed by atoms with E-state index >= 15 is 0 Å². The van der Waals surface area contributed by atoms with Gasteiger partial charge in [-0.3, -0.25) is 9.59 Å². The molecule has 0 aromatic carbocycles. The van der Waals surface area contributed by atoms with Crippen molar-refractivity contribution >= 4 is 11.9 Å². The molecule has 3 atom stereocenters. The molecule has 16 heavy (non-hydrogen) atoms. The zero-order valence-corrected chi connectivity index (χ0v) is 10.2. The Balaban J connectivity index is 2.71. The second-order valence-electron chi connectivity index (χ2n) is 4.44. The van der Waals surface area contributed by atoms with Crippen molar-refractivity contribution in [2.24, 2.45) is 5.92 Å². The molecule has 92 valence electrons. The summed E-state index contributed by atoms with van der Waals surface area (Å²) < 4.78 is 10.4. The van der Waals surface area contributed by atoms with Gasteiger partial charge in [-0.05, 0) is 19.8 Å². The van der Waals surface area contributed by atoms with Gasteiger partial charge in [-0.2, -0.15) is 0 Å². The second-order valence-corrected chi connectivity index (χ2v) is 4.44. The Hall–Kier alpha value is -1.06. The molecule has 0 aromatic heterocycles. The summed E-state index contributed by atoms with van der Waals surface area (Å²) in [6.07, 6.45) is 2.55. The van der Waals surface area contributed by atoms with E-state index in [4.69, 9.17) is 9.47 Å². The van der Waals surface area contributed by atoms with Crippen molar-refractivity contribution in [2.75, 3.05) is 0 Å². The summed E-state index contributed by atoms with van der Waals surface area (Å²) >= 11 is 0. The van der Waals surface area contributed by atoms with Crippen LogP contribution in [0.3, 0.4) is 0 Å². The maximum absolute atomic E-state index is 11.4. The van der Waals surface area contributed by atoms with E-state index in [1.165, 1.54) is 6.92 Å². The summed E-state index contributed by atoms with van der Waals surface area (Å²) in [6.45, 7) is 5.35. The SMILES string of the molecule is CCCC1C[C@H](C)OC(=O)C[C@@H]1OC(C)=O. The average Bonchev–Trinajstić information content (AvgIpc) is 2.25. The van der Waals surface area contributed by atoms with Gasteiger partial charge in [0.05, 0.1) is 12.5 Å². The number of hydrogen-bond acceptors (Lipinski definition) is 4. The van der Waals surface area contributed by atoms with Crippen LogP contribution in [0.1, 0.15) is 46.5 Å². The fraction of sp³-hybridized carbons (Fsp3) is 0.833. The normalized spacial score (nSPS) is 30.4. The van der Waals surface area contributed by atoms with Gasteiger partial charge in [0.2, 0.25) is 0 Å². The third-order valence-electron chi connectivity index (χ3n) is 2.84. The van der Waals surface area contributed by atoms with Gasteiger partial charge in [-0.25, -0.2) is 0 Å². The molecule has 0 radical (unpaired) electrons. The number of carbonyl (C=O) groups is 2. The van der Waals surface area contributed by atoms with E-state index in [9.17, 15) is 9.59 Å². The summed E-state index contributed by atoms with van der Waals surface area (Å²) in [6, 6.07) is 0. The van der Waals surface area contributed by atoms with Crippen molar-refractivity contribution in [3.05, 3.63) is 0 Å². The number of cyclic esters (lactones) is 1. The van der Waals surface area contributed by atoms with Crippen molar-refractivity contribution in [3.8, 4) is 0 Å². The average molecular weight is 228 g/mol. The molecule has 0 bridgehead atoms. The molecule has 0 amide bonds. The van der Waals surface area contributed by atoms with Crippen LogP contribution in [-0.4, -0.2) is 24.1 Å². The molecule has 0 aliphatic carbocycles. The van der Waals surface area contributed by atoms with Gasteiger partial charge < -0.3 is 9.47 Å². The van der Waals surface area contributed by atoms with Crippen LogP contribution in [0.25, 0.3) is 0 Å². The maximum Gasteiger partial charge on any atom is 0.309 e. The molecule has 1 fully saturated rings. The van der Waals surface area contributed by atoms with Crippen molar-refractivity contribution in [2.45, 2.75) is 58.7 Å². The van der Waals surface area contributed by atoms with Crippen LogP contribution >= 0.6 is 0 Å². The molecule has 0 saturated carbocycles. The van der Waals surface area contributed by atoms with E-state index in [2.05, 4.69) is 6.92 Å². The minimum Gasteiger partial charge on any atom is -0.463 e. The zero-order chi connectivity index (χ0) is 12.1. The van der Waals surface area contributed by atoms with Crippen molar-refractivity contribution in [1.29, 1.82) is 0 Å². The largest absolute Gasteiger partial charge is 0.463 e. The fourth-order valence-electron chi connectivity index (χ4n) is 2.26. The van der Waals surface area contributed by atoms with Gasteiger partial charge >= 0.3 is 11.9 Å². The highest BCUT2D eigenvalue weighted by atomic mass is 16.6. The lowest BCUT2D eigenvalue weighted by Crippen LogP contribution is -2.27. The fourth-order valence-corrected chi connectivity index (χ4v) is 2.26. The van der Waals surface area contributed by atoms with E-state index in [0.717, 1.165) is 19.3 Å². The van der Waals surface area contributed by atoms with E-state index < -0.39 is 0 Å². The first-order chi connectivity index (χ1) is 7.52. The number of carbonyl (C=O) groups excluding carboxylic acids is 2. The minimum atomic E-state index is -0.326. The molecule has 4 heteroatoms. The third-order valence-corrected chi connectivity index (χ3v) is 2.84. The van der Waals surface area contributed by atoms with Gasteiger partial charge in [-0.1, -0.05) is 13.3 Å². The first kappa shape index (κ1) is 13.0. The molecule has 0 spiro atoms. The molecule has 1 rings (SSSR count). The standard InChI is InChI=1S/C12H20O4/c1-4-5-10-6-8(2)15-12(14)7-11(10)16-9(3)13/h8,10-11H,4-7H2,1-3H3/t8-,10?,11-/m0/s1. The van der Waals surface area contributed by atoms with Crippen molar-refractivity contribution in [3.63, 3.8) is 0 Å². The molecule has 1 heterocycles. The zero-order valence-electron chi connectivity index (χ0n) is 10.2. The molecule has 1 aliphatic heterocycles. The molecule has 1 unspecified atom stereocenters. The van der Waals surface area contributed by atoms with Crippen LogP contribution < -0.4 is 0 Å². The van der Waals surface area contributed by atoms with Gasteiger partial charge in [0.1, 0.15) is 6.10 Å². The van der Waals surface area contributed by atoms with Gasteiger partial charge in [0.25, 0.3) is 0 Å². The Kier molecular flexibility index (Phi) is 4.77. The number of rotatable bonds is 3. The molecular formula is C12H20O4. The summed E-state index contributed by atoms with van der Waals surface area (Å²) in [4.78, 5) is 22.4. The maximum atomic E-state index is 11.4. The quantitative estimate of drug-likeness (QED) is 0.694. The smallest absolute Gasteiger partial charge is 0.309 e. The highest BCUT2D eigenvalue weighted by Gasteiger charge is 2.32. The summed E-state index contributed by atoms with van der Waals surface area (Å²) in [7, 11) is 0. The lowest BCUT2D eigenvalue weighted by atomic mass is 9.90. The molecular weight excluding hydrogens is 208 g/mol. The van der Waals surface area contributed by atoms with Crippen LogP contribution in [0, 0.1) is 5.92 Å². The Morgan fingerprint density at radius 1 is 1.56 bits per heavy atom. The van der Waals surface area contributed by atoms with E-state index in [1.54, 1.807) is 0 Å². The lowest BCUT2D eigenvalue weighted by molar-refractivity contribution is -0.153. The second kappa shape index (κ2) is 5.87. The highest BCUT2D eigenvalue weighted by molar-refractivity contribution is 5.72. The van der Waals surface area contributed by atoms with Crippen LogP contribution in [-0.2, 0) is 19.1 Å². The van der Waals surface area contributed by atoms with E-state index in [-0.39, 0.29) is 36.5 Å². The number of ether oxygens (including phenoxy) is 2. The Labute approximate surface area is 96.3 Å².